The summed E-state index contributed by atoms with van der Waals surface area (Å²) in [4.78, 5) is 12.8. The number of rotatable bonds is 11. The number of ether oxygens (including phenoxy) is 6. The number of phenols is 3. The first kappa shape index (κ1) is 33.4. The molecule has 0 saturated carbocycles. The van der Waals surface area contributed by atoms with Crippen LogP contribution in [0.3, 0.4) is 0 Å². The summed E-state index contributed by atoms with van der Waals surface area (Å²) < 4.78 is 33.0. The van der Waals surface area contributed by atoms with E-state index in [0.717, 1.165) is 6.08 Å². The molecule has 4 rings (SSSR count). The molecule has 44 heavy (non-hydrogen) atoms. The molecule has 0 aromatic heterocycles. The highest BCUT2D eigenvalue weighted by Crippen LogP contribution is 2.31. The Bertz CT molecular complexity index is 1290. The third-order valence-corrected chi connectivity index (χ3v) is 7.12. The summed E-state index contributed by atoms with van der Waals surface area (Å²) in [6.07, 6.45) is -11.2. The SMILES string of the molecule is COc1cc(/C=C/C(=O)O[C@H]2[C@H](O[C@@H]3OC[C@@H](O)[C@H](O)[C@H]3O)[C@@H](O)[C@H](OCCc3ccc(O)c(O)c3)O[C@@H]2CO)ccc1O. The molecular formula is C29H36O15. The predicted molar refractivity (Wildman–Crippen MR) is 147 cm³/mol. The van der Waals surface area contributed by atoms with Crippen LogP contribution >= 0.6 is 0 Å². The smallest absolute Gasteiger partial charge is 0.331 e. The van der Waals surface area contributed by atoms with Crippen LogP contribution in [-0.2, 0) is 34.9 Å². The number of carbonyl (C=O) groups is 1. The fraction of sp³-hybridized carbons (Fsp3) is 0.483. The Morgan fingerprint density at radius 3 is 2.39 bits per heavy atom. The lowest BCUT2D eigenvalue weighted by atomic mass is 9.97. The van der Waals surface area contributed by atoms with Gasteiger partial charge in [0, 0.05) is 6.08 Å². The summed E-state index contributed by atoms with van der Waals surface area (Å²) in [5.74, 6) is -1.49. The van der Waals surface area contributed by atoms with Gasteiger partial charge in [-0.15, -0.1) is 0 Å². The molecule has 2 saturated heterocycles. The van der Waals surface area contributed by atoms with Crippen molar-refractivity contribution >= 4 is 12.0 Å². The number of carbonyl (C=O) groups excluding carboxylic acids is 1. The maximum atomic E-state index is 12.8. The molecule has 15 nitrogen and oxygen atoms in total. The van der Waals surface area contributed by atoms with Crippen molar-refractivity contribution in [1.29, 1.82) is 0 Å². The molecule has 0 spiro atoms. The Labute approximate surface area is 251 Å². The normalized spacial score (nSPS) is 30.7. The van der Waals surface area contributed by atoms with Crippen LogP contribution in [0.15, 0.2) is 42.5 Å². The van der Waals surface area contributed by atoms with E-state index in [-0.39, 0.29) is 36.0 Å². The lowest BCUT2D eigenvalue weighted by Gasteiger charge is -2.45. The summed E-state index contributed by atoms with van der Waals surface area (Å²) in [7, 11) is 1.36. The number of esters is 1. The molecule has 2 aromatic carbocycles. The minimum absolute atomic E-state index is 0.0619. The predicted octanol–water partition coefficient (Wildman–Crippen LogP) is -1.10. The molecule has 2 fully saturated rings. The number of hydrogen-bond acceptors (Lipinski definition) is 15. The molecule has 9 atom stereocenters. The second-order valence-corrected chi connectivity index (χ2v) is 10.2. The summed E-state index contributed by atoms with van der Waals surface area (Å²) in [6.45, 7) is -1.19. The van der Waals surface area contributed by atoms with E-state index in [1.54, 1.807) is 6.07 Å². The second-order valence-electron chi connectivity index (χ2n) is 10.2. The molecule has 2 aliphatic heterocycles. The number of aromatic hydroxyl groups is 3. The van der Waals surface area contributed by atoms with Crippen LogP contribution in [0.2, 0.25) is 0 Å². The van der Waals surface area contributed by atoms with Crippen LogP contribution < -0.4 is 4.74 Å². The molecular weight excluding hydrogens is 588 g/mol. The van der Waals surface area contributed by atoms with Crippen LogP contribution in [0.4, 0.5) is 0 Å². The van der Waals surface area contributed by atoms with Gasteiger partial charge in [-0.3, -0.25) is 0 Å². The minimum Gasteiger partial charge on any atom is -0.504 e. The van der Waals surface area contributed by atoms with Gasteiger partial charge in [-0.2, -0.15) is 0 Å². The van der Waals surface area contributed by atoms with Gasteiger partial charge < -0.3 is 69.3 Å². The fourth-order valence-corrected chi connectivity index (χ4v) is 4.68. The van der Waals surface area contributed by atoms with E-state index in [4.69, 9.17) is 28.4 Å². The van der Waals surface area contributed by atoms with Gasteiger partial charge >= 0.3 is 5.97 Å². The van der Waals surface area contributed by atoms with Crippen LogP contribution in [0.25, 0.3) is 6.08 Å². The highest BCUT2D eigenvalue weighted by Gasteiger charge is 2.51. The molecule has 0 bridgehead atoms. The van der Waals surface area contributed by atoms with Crippen LogP contribution in [0.5, 0.6) is 23.0 Å². The highest BCUT2D eigenvalue weighted by atomic mass is 16.7. The molecule has 0 radical (unpaired) electrons. The van der Waals surface area contributed by atoms with Crippen molar-refractivity contribution in [3.05, 3.63) is 53.6 Å². The molecule has 242 valence electrons. The van der Waals surface area contributed by atoms with Gasteiger partial charge in [0.15, 0.2) is 41.7 Å². The highest BCUT2D eigenvalue weighted by molar-refractivity contribution is 5.87. The second kappa shape index (κ2) is 15.0. The third kappa shape index (κ3) is 7.95. The third-order valence-electron chi connectivity index (χ3n) is 7.12. The number of aliphatic hydroxyl groups is 5. The fourth-order valence-electron chi connectivity index (χ4n) is 4.68. The first-order valence-corrected chi connectivity index (χ1v) is 13.7. The maximum Gasteiger partial charge on any atom is 0.331 e. The van der Waals surface area contributed by atoms with Crippen molar-refractivity contribution < 1.29 is 74.1 Å². The van der Waals surface area contributed by atoms with Crippen molar-refractivity contribution in [3.8, 4) is 23.0 Å². The quantitative estimate of drug-likeness (QED) is 0.0842. The summed E-state index contributed by atoms with van der Waals surface area (Å²) in [6, 6.07) is 8.54. The van der Waals surface area contributed by atoms with E-state index in [2.05, 4.69) is 0 Å². The van der Waals surface area contributed by atoms with E-state index in [1.165, 1.54) is 43.5 Å². The standard InChI is InChI=1S/C29H36O15/c1-39-20-11-14(3-6-17(20)32)4-7-22(35)43-26-21(12-30)42-29(40-9-8-15-2-5-16(31)18(33)10-15)25(38)27(26)44-28-24(37)23(36)19(34)13-41-28/h2-7,10-11,19,21,23-34,36-38H,8-9,12-13H2,1H3/b7-4+/t19-,21-,23+,24-,25-,26-,27-,28+,29-/m1/s1. The van der Waals surface area contributed by atoms with Gasteiger partial charge in [-0.1, -0.05) is 12.1 Å². The molecule has 8 N–H and O–H groups in total. The van der Waals surface area contributed by atoms with Gasteiger partial charge in [0.05, 0.1) is 26.9 Å². The Kier molecular flexibility index (Phi) is 11.4. The Morgan fingerprint density at radius 1 is 0.932 bits per heavy atom. The molecule has 15 heteroatoms. The zero-order valence-electron chi connectivity index (χ0n) is 23.6. The van der Waals surface area contributed by atoms with Crippen molar-refractivity contribution in [2.24, 2.45) is 0 Å². The topological polar surface area (TPSA) is 234 Å². The van der Waals surface area contributed by atoms with Crippen LogP contribution in [0, 0.1) is 0 Å². The number of methoxy groups -OCH3 is 1. The minimum atomic E-state index is -1.75. The number of hydrogen-bond donors (Lipinski definition) is 8. The van der Waals surface area contributed by atoms with E-state index in [1.807, 2.05) is 0 Å². The van der Waals surface area contributed by atoms with Crippen molar-refractivity contribution in [2.75, 3.05) is 26.9 Å². The molecule has 0 unspecified atom stereocenters. The van der Waals surface area contributed by atoms with E-state index in [0.29, 0.717) is 11.1 Å². The average Bonchev–Trinajstić information content (AvgIpc) is 3.01. The van der Waals surface area contributed by atoms with Gasteiger partial charge in [0.1, 0.15) is 36.6 Å². The van der Waals surface area contributed by atoms with Crippen molar-refractivity contribution in [1.82, 2.24) is 0 Å². The van der Waals surface area contributed by atoms with Gasteiger partial charge in [0.25, 0.3) is 0 Å². The summed E-state index contributed by atoms with van der Waals surface area (Å²) in [5, 5.41) is 80.6. The molecule has 2 aliphatic rings. The summed E-state index contributed by atoms with van der Waals surface area (Å²) in [5.41, 5.74) is 1.07. The molecule has 0 amide bonds. The summed E-state index contributed by atoms with van der Waals surface area (Å²) >= 11 is 0. The zero-order valence-corrected chi connectivity index (χ0v) is 23.6. The molecule has 2 aromatic rings. The Morgan fingerprint density at radius 2 is 1.68 bits per heavy atom. The Hall–Kier alpha value is -3.51. The van der Waals surface area contributed by atoms with Crippen molar-refractivity contribution in [2.45, 2.75) is 61.7 Å². The van der Waals surface area contributed by atoms with Crippen LogP contribution in [0.1, 0.15) is 11.1 Å². The number of benzene rings is 2. The molecule has 0 aliphatic carbocycles. The number of aliphatic hydroxyl groups excluding tert-OH is 5. The van der Waals surface area contributed by atoms with E-state index in [9.17, 15) is 45.6 Å². The average molecular weight is 625 g/mol. The largest absolute Gasteiger partial charge is 0.504 e. The van der Waals surface area contributed by atoms with Gasteiger partial charge in [-0.05, 0) is 47.9 Å². The Balaban J connectivity index is 1.51. The number of phenolic OH excluding ortho intramolecular Hbond substituents is 3. The first-order chi connectivity index (χ1) is 21.0. The maximum absolute atomic E-state index is 12.8. The van der Waals surface area contributed by atoms with E-state index < -0.39 is 74.5 Å². The van der Waals surface area contributed by atoms with E-state index >= 15 is 0 Å². The lowest BCUT2D eigenvalue weighted by molar-refractivity contribution is -0.349. The first-order valence-electron chi connectivity index (χ1n) is 13.7. The lowest BCUT2D eigenvalue weighted by Crippen LogP contribution is -2.64. The van der Waals surface area contributed by atoms with Crippen molar-refractivity contribution in [3.63, 3.8) is 0 Å². The monoisotopic (exact) mass is 624 g/mol. The molecule has 2 heterocycles. The van der Waals surface area contributed by atoms with Crippen LogP contribution in [-0.4, -0.2) is 129 Å². The van der Waals surface area contributed by atoms with Gasteiger partial charge in [0.2, 0.25) is 0 Å². The van der Waals surface area contributed by atoms with Gasteiger partial charge in [-0.25, -0.2) is 4.79 Å². The zero-order chi connectivity index (χ0) is 32.0.